The second-order valence-corrected chi connectivity index (χ2v) is 7.11. The van der Waals surface area contributed by atoms with E-state index in [2.05, 4.69) is 40.3 Å². The van der Waals surface area contributed by atoms with Gasteiger partial charge in [-0.1, -0.05) is 25.1 Å². The second kappa shape index (κ2) is 7.10. The summed E-state index contributed by atoms with van der Waals surface area (Å²) in [6.07, 6.45) is 3.70. The number of anilines is 1. The number of amides is 1. The maximum atomic E-state index is 12.5. The smallest absolute Gasteiger partial charge is 0.228 e. The Morgan fingerprint density at radius 3 is 2.72 bits per heavy atom. The second-order valence-electron chi connectivity index (χ2n) is 7.11. The van der Waals surface area contributed by atoms with Crippen LogP contribution in [0.3, 0.4) is 0 Å². The van der Waals surface area contributed by atoms with Gasteiger partial charge in [-0.05, 0) is 49.5 Å². The van der Waals surface area contributed by atoms with Crippen molar-refractivity contribution >= 4 is 22.5 Å². The summed E-state index contributed by atoms with van der Waals surface area (Å²) < 4.78 is 5.29. The number of piperidine rings is 1. The average Bonchev–Trinajstić information content (AvgIpc) is 2.60. The molecular weight excluding hydrogens is 314 g/mol. The third-order valence-electron chi connectivity index (χ3n) is 5.51. The van der Waals surface area contributed by atoms with Gasteiger partial charge in [0.05, 0.1) is 13.2 Å². The van der Waals surface area contributed by atoms with Gasteiger partial charge < -0.3 is 15.0 Å². The molecule has 5 nitrogen and oxygen atoms in total. The van der Waals surface area contributed by atoms with E-state index in [9.17, 15) is 4.79 Å². The van der Waals surface area contributed by atoms with Crippen LogP contribution in [0.1, 0.15) is 31.2 Å². The minimum absolute atomic E-state index is 0.0961. The summed E-state index contributed by atoms with van der Waals surface area (Å²) in [7, 11) is 0. The molecule has 2 aromatic rings. The number of nitrogens with one attached hydrogen (secondary N) is 1. The first kappa shape index (κ1) is 16.5. The summed E-state index contributed by atoms with van der Waals surface area (Å²) in [5.41, 5.74) is 1.30. The molecule has 2 aliphatic heterocycles. The summed E-state index contributed by atoms with van der Waals surface area (Å²) in [5, 5.41) is 5.24. The predicted octanol–water partition coefficient (Wildman–Crippen LogP) is 3.02. The van der Waals surface area contributed by atoms with E-state index in [1.165, 1.54) is 5.56 Å². The zero-order valence-electron chi connectivity index (χ0n) is 14.7. The van der Waals surface area contributed by atoms with Gasteiger partial charge in [0, 0.05) is 23.4 Å². The van der Waals surface area contributed by atoms with Crippen LogP contribution in [0.2, 0.25) is 0 Å². The zero-order valence-corrected chi connectivity index (χ0v) is 14.7. The standard InChI is InChI=1S/C20H25N3O2/c1-2-23-7-5-14(6-8-23)20(24)22-19-10-17-9-15(18-12-25-13-18)3-4-16(17)11-21-19/h3-4,9-11,14,18H,2,5-8,12-13H2,1H3,(H,21,22,24). The first-order valence-electron chi connectivity index (χ1n) is 9.23. The lowest BCUT2D eigenvalue weighted by Crippen LogP contribution is -2.38. The lowest BCUT2D eigenvalue weighted by atomic mass is 9.95. The maximum Gasteiger partial charge on any atom is 0.228 e. The molecule has 0 bridgehead atoms. The first-order chi connectivity index (χ1) is 12.2. The fourth-order valence-electron chi connectivity index (χ4n) is 3.65. The minimum atomic E-state index is 0.0961. The molecule has 0 saturated carbocycles. The number of aromatic nitrogens is 1. The average molecular weight is 339 g/mol. The highest BCUT2D eigenvalue weighted by Gasteiger charge is 2.24. The molecule has 2 saturated heterocycles. The van der Waals surface area contributed by atoms with E-state index in [1.807, 2.05) is 12.3 Å². The van der Waals surface area contributed by atoms with Crippen LogP contribution in [0.15, 0.2) is 30.5 Å². The lowest BCUT2D eigenvalue weighted by Gasteiger charge is -2.30. The van der Waals surface area contributed by atoms with Crippen LogP contribution in [0, 0.1) is 5.92 Å². The van der Waals surface area contributed by atoms with Crippen LogP contribution in [0.5, 0.6) is 0 Å². The van der Waals surface area contributed by atoms with Crippen molar-refractivity contribution in [3.63, 3.8) is 0 Å². The topological polar surface area (TPSA) is 54.5 Å². The van der Waals surface area contributed by atoms with E-state index in [-0.39, 0.29) is 11.8 Å². The molecule has 25 heavy (non-hydrogen) atoms. The third-order valence-corrected chi connectivity index (χ3v) is 5.51. The van der Waals surface area contributed by atoms with Crippen LogP contribution >= 0.6 is 0 Å². The number of hydrogen-bond donors (Lipinski definition) is 1. The van der Waals surface area contributed by atoms with Gasteiger partial charge in [0.2, 0.25) is 5.91 Å². The minimum Gasteiger partial charge on any atom is -0.380 e. The number of hydrogen-bond acceptors (Lipinski definition) is 4. The molecule has 3 heterocycles. The normalized spacial score (nSPS) is 19.7. The Balaban J connectivity index is 1.46. The van der Waals surface area contributed by atoms with Crippen molar-refractivity contribution in [1.82, 2.24) is 9.88 Å². The van der Waals surface area contributed by atoms with E-state index in [0.717, 1.165) is 56.5 Å². The van der Waals surface area contributed by atoms with E-state index in [1.54, 1.807) is 0 Å². The highest BCUT2D eigenvalue weighted by molar-refractivity contribution is 5.94. The molecule has 0 spiro atoms. The van der Waals surface area contributed by atoms with Gasteiger partial charge in [0.1, 0.15) is 5.82 Å². The molecule has 1 amide bonds. The van der Waals surface area contributed by atoms with E-state index >= 15 is 0 Å². The number of likely N-dealkylation sites (tertiary alicyclic amines) is 1. The van der Waals surface area contributed by atoms with Gasteiger partial charge in [0.25, 0.3) is 0 Å². The molecular formula is C20H25N3O2. The highest BCUT2D eigenvalue weighted by Crippen LogP contribution is 2.28. The Kier molecular flexibility index (Phi) is 4.68. The molecule has 2 fully saturated rings. The van der Waals surface area contributed by atoms with Gasteiger partial charge in [0.15, 0.2) is 0 Å². The number of fused-ring (bicyclic) bond motifs is 1. The number of carbonyl (C=O) groups is 1. The number of rotatable bonds is 4. The highest BCUT2D eigenvalue weighted by atomic mass is 16.5. The summed E-state index contributed by atoms with van der Waals surface area (Å²) in [4.78, 5) is 19.4. The van der Waals surface area contributed by atoms with Crippen molar-refractivity contribution in [3.8, 4) is 0 Å². The summed E-state index contributed by atoms with van der Waals surface area (Å²) in [6, 6.07) is 8.43. The number of ether oxygens (including phenoxy) is 1. The molecule has 0 aliphatic carbocycles. The SMILES string of the molecule is CCN1CCC(C(=O)Nc2cc3cc(C4COC4)ccc3cn2)CC1. The molecule has 0 unspecified atom stereocenters. The molecule has 5 heteroatoms. The Labute approximate surface area is 148 Å². The van der Waals surface area contributed by atoms with Crippen molar-refractivity contribution in [3.05, 3.63) is 36.0 Å². The van der Waals surface area contributed by atoms with Crippen molar-refractivity contribution in [1.29, 1.82) is 0 Å². The third kappa shape index (κ3) is 3.53. The maximum absolute atomic E-state index is 12.5. The molecule has 0 radical (unpaired) electrons. The number of carbonyl (C=O) groups excluding carboxylic acids is 1. The predicted molar refractivity (Wildman–Crippen MR) is 98.8 cm³/mol. The fourth-order valence-corrected chi connectivity index (χ4v) is 3.65. The van der Waals surface area contributed by atoms with Crippen molar-refractivity contribution in [2.45, 2.75) is 25.7 Å². The lowest BCUT2D eigenvalue weighted by molar-refractivity contribution is -0.121. The van der Waals surface area contributed by atoms with Crippen molar-refractivity contribution < 1.29 is 9.53 Å². The molecule has 1 aromatic heterocycles. The first-order valence-corrected chi connectivity index (χ1v) is 9.23. The van der Waals surface area contributed by atoms with Gasteiger partial charge in [-0.15, -0.1) is 0 Å². The van der Waals surface area contributed by atoms with Crippen LogP contribution in [-0.2, 0) is 9.53 Å². The van der Waals surface area contributed by atoms with Gasteiger partial charge in [-0.2, -0.15) is 0 Å². The van der Waals surface area contributed by atoms with Crippen LogP contribution in [0.4, 0.5) is 5.82 Å². The quantitative estimate of drug-likeness (QED) is 0.930. The molecule has 2 aliphatic rings. The largest absolute Gasteiger partial charge is 0.380 e. The zero-order chi connectivity index (χ0) is 17.2. The summed E-state index contributed by atoms with van der Waals surface area (Å²) >= 11 is 0. The molecule has 1 N–H and O–H groups in total. The van der Waals surface area contributed by atoms with Gasteiger partial charge >= 0.3 is 0 Å². The van der Waals surface area contributed by atoms with Crippen molar-refractivity contribution in [2.75, 3.05) is 38.2 Å². The molecule has 132 valence electrons. The number of nitrogens with zero attached hydrogens (tertiary/aromatic N) is 2. The van der Waals surface area contributed by atoms with E-state index in [0.29, 0.717) is 11.7 Å². The Morgan fingerprint density at radius 1 is 1.24 bits per heavy atom. The number of pyridine rings is 1. The van der Waals surface area contributed by atoms with Crippen molar-refractivity contribution in [2.24, 2.45) is 5.92 Å². The summed E-state index contributed by atoms with van der Waals surface area (Å²) in [6.45, 7) is 6.85. The molecule has 4 rings (SSSR count). The van der Waals surface area contributed by atoms with E-state index in [4.69, 9.17) is 4.74 Å². The van der Waals surface area contributed by atoms with E-state index < -0.39 is 0 Å². The van der Waals surface area contributed by atoms with Gasteiger partial charge in [-0.25, -0.2) is 4.98 Å². The molecule has 0 atom stereocenters. The monoisotopic (exact) mass is 339 g/mol. The van der Waals surface area contributed by atoms with Crippen LogP contribution < -0.4 is 5.32 Å². The van der Waals surface area contributed by atoms with Gasteiger partial charge in [-0.3, -0.25) is 4.79 Å². The fraction of sp³-hybridized carbons (Fsp3) is 0.500. The Hall–Kier alpha value is -1.98. The van der Waals surface area contributed by atoms with Crippen LogP contribution in [0.25, 0.3) is 10.8 Å². The summed E-state index contributed by atoms with van der Waals surface area (Å²) in [5.74, 6) is 1.35. The Bertz CT molecular complexity index is 765. The number of benzene rings is 1. The Morgan fingerprint density at radius 2 is 2.04 bits per heavy atom. The molecule has 1 aromatic carbocycles. The van der Waals surface area contributed by atoms with Crippen LogP contribution in [-0.4, -0.2) is 48.6 Å².